The van der Waals surface area contributed by atoms with Gasteiger partial charge in [-0.2, -0.15) is 5.26 Å². The average molecular weight is 323 g/mol. The Kier molecular flexibility index (Phi) is 5.60. The highest BCUT2D eigenvalue weighted by Crippen LogP contribution is 2.18. The minimum absolute atomic E-state index is 0.253. The molecule has 5 nitrogen and oxygen atoms in total. The van der Waals surface area contributed by atoms with Crippen LogP contribution < -0.4 is 0 Å². The molecule has 0 spiro atoms. The van der Waals surface area contributed by atoms with Gasteiger partial charge < -0.3 is 9.64 Å². The molecule has 2 heterocycles. The summed E-state index contributed by atoms with van der Waals surface area (Å²) in [6.07, 6.45) is 4.86. The highest BCUT2D eigenvalue weighted by Gasteiger charge is 2.24. The fraction of sp³-hybridized carbons (Fsp3) is 0.421. The maximum Gasteiger partial charge on any atom is 0.410 e. The number of allylic oxidation sites excluding steroid dienone is 1. The molecule has 0 aliphatic carbocycles. The molecule has 0 bridgehead atoms. The third kappa shape index (κ3) is 5.44. The van der Waals surface area contributed by atoms with Crippen molar-refractivity contribution in [2.24, 2.45) is 0 Å². The van der Waals surface area contributed by atoms with Crippen molar-refractivity contribution in [3.63, 3.8) is 0 Å². The van der Waals surface area contributed by atoms with E-state index in [1.54, 1.807) is 23.2 Å². The molecule has 0 radical (unpaired) electrons. The molecular formula is C19H21N3O2. The van der Waals surface area contributed by atoms with Crippen molar-refractivity contribution < 1.29 is 9.53 Å². The van der Waals surface area contributed by atoms with Gasteiger partial charge in [0.2, 0.25) is 0 Å². The normalized spacial score (nSPS) is 14.2. The number of hydrogen-bond acceptors (Lipinski definition) is 4. The van der Waals surface area contributed by atoms with Gasteiger partial charge in [-0.1, -0.05) is 17.4 Å². The first-order valence-corrected chi connectivity index (χ1v) is 7.91. The van der Waals surface area contributed by atoms with Gasteiger partial charge in [-0.25, -0.2) is 9.78 Å². The largest absolute Gasteiger partial charge is 0.444 e. The molecule has 0 unspecified atom stereocenters. The number of carbonyl (C=O) groups excluding carboxylic acids is 1. The number of amides is 1. The maximum absolute atomic E-state index is 12.0. The number of pyridine rings is 1. The zero-order valence-electron chi connectivity index (χ0n) is 14.3. The van der Waals surface area contributed by atoms with Gasteiger partial charge in [0.05, 0.1) is 0 Å². The van der Waals surface area contributed by atoms with Gasteiger partial charge in [0.1, 0.15) is 17.4 Å². The van der Waals surface area contributed by atoms with Gasteiger partial charge in [0.15, 0.2) is 0 Å². The minimum atomic E-state index is -0.464. The summed E-state index contributed by atoms with van der Waals surface area (Å²) in [4.78, 5) is 17.7. The summed E-state index contributed by atoms with van der Waals surface area (Å²) < 4.78 is 5.38. The second-order valence-corrected chi connectivity index (χ2v) is 6.58. The van der Waals surface area contributed by atoms with Crippen LogP contribution in [-0.4, -0.2) is 34.7 Å². The Hall–Kier alpha value is -2.79. The Balaban J connectivity index is 1.88. The number of ether oxygens (including phenoxy) is 1. The monoisotopic (exact) mass is 323 g/mol. The first-order valence-electron chi connectivity index (χ1n) is 7.91. The van der Waals surface area contributed by atoms with Gasteiger partial charge in [0.25, 0.3) is 0 Å². The topological polar surface area (TPSA) is 66.2 Å². The molecule has 1 aliphatic rings. The Bertz CT molecular complexity index is 715. The molecule has 1 aromatic heterocycles. The minimum Gasteiger partial charge on any atom is -0.444 e. The van der Waals surface area contributed by atoms with Crippen molar-refractivity contribution >= 4 is 6.09 Å². The summed E-state index contributed by atoms with van der Waals surface area (Å²) in [6.45, 7) is 6.91. The summed E-state index contributed by atoms with van der Waals surface area (Å²) >= 11 is 0. The summed E-state index contributed by atoms with van der Waals surface area (Å²) in [5.74, 6) is 6.03. The zero-order valence-corrected chi connectivity index (χ0v) is 14.3. The number of carbonyl (C=O) groups is 1. The van der Waals surface area contributed by atoms with Gasteiger partial charge in [-0.05, 0) is 51.8 Å². The summed E-state index contributed by atoms with van der Waals surface area (Å²) in [6, 6.07) is 5.40. The van der Waals surface area contributed by atoms with E-state index >= 15 is 0 Å². The van der Waals surface area contributed by atoms with Crippen LogP contribution in [0.5, 0.6) is 0 Å². The molecule has 5 heteroatoms. The molecule has 1 fully saturated rings. The number of likely N-dealkylation sites (tertiary alicyclic amines) is 1. The van der Waals surface area contributed by atoms with E-state index in [4.69, 9.17) is 10.00 Å². The molecular weight excluding hydrogens is 302 g/mol. The average Bonchev–Trinajstić information content (AvgIpc) is 2.54. The third-order valence-corrected chi connectivity index (χ3v) is 3.43. The fourth-order valence-electron chi connectivity index (χ4n) is 2.20. The first-order chi connectivity index (χ1) is 11.4. The van der Waals surface area contributed by atoms with E-state index in [1.807, 2.05) is 32.9 Å². The lowest BCUT2D eigenvalue weighted by Crippen LogP contribution is -2.40. The number of nitriles is 1. The van der Waals surface area contributed by atoms with Crippen molar-refractivity contribution in [2.75, 3.05) is 13.1 Å². The maximum atomic E-state index is 12.0. The Labute approximate surface area is 142 Å². The van der Waals surface area contributed by atoms with Crippen LogP contribution in [0.15, 0.2) is 30.0 Å². The molecule has 124 valence electrons. The van der Waals surface area contributed by atoms with Gasteiger partial charge in [-0.3, -0.25) is 0 Å². The lowest BCUT2D eigenvalue weighted by Gasteiger charge is -2.30. The SMILES string of the molecule is CC(C)(C)OC(=O)N1CCC(=CC#Cc2ccc(C#N)nc2)CC1. The lowest BCUT2D eigenvalue weighted by molar-refractivity contribution is 0.0236. The number of piperidine rings is 1. The number of nitrogens with zero attached hydrogens (tertiary/aromatic N) is 3. The van der Waals surface area contributed by atoms with Crippen molar-refractivity contribution in [1.82, 2.24) is 9.88 Å². The molecule has 0 saturated carbocycles. The van der Waals surface area contributed by atoms with Crippen molar-refractivity contribution in [2.45, 2.75) is 39.2 Å². The second kappa shape index (κ2) is 7.66. The molecule has 0 N–H and O–H groups in total. The molecule has 0 aromatic carbocycles. The van der Waals surface area contributed by atoms with Gasteiger partial charge in [0, 0.05) is 24.8 Å². The molecule has 1 saturated heterocycles. The number of rotatable bonds is 0. The molecule has 1 aromatic rings. The van der Waals surface area contributed by atoms with Crippen LogP contribution in [0, 0.1) is 23.2 Å². The highest BCUT2D eigenvalue weighted by atomic mass is 16.6. The summed E-state index contributed by atoms with van der Waals surface area (Å²) in [5, 5.41) is 8.70. The summed E-state index contributed by atoms with van der Waals surface area (Å²) in [7, 11) is 0. The third-order valence-electron chi connectivity index (χ3n) is 3.43. The van der Waals surface area contributed by atoms with E-state index in [1.165, 1.54) is 5.57 Å². The van der Waals surface area contributed by atoms with Crippen LogP contribution >= 0.6 is 0 Å². The lowest BCUT2D eigenvalue weighted by atomic mass is 10.0. The molecule has 24 heavy (non-hydrogen) atoms. The predicted molar refractivity (Wildman–Crippen MR) is 91.0 cm³/mol. The van der Waals surface area contributed by atoms with E-state index in [0.717, 1.165) is 18.4 Å². The van der Waals surface area contributed by atoms with E-state index in [0.29, 0.717) is 18.8 Å². The number of hydrogen-bond donors (Lipinski definition) is 0. The smallest absolute Gasteiger partial charge is 0.410 e. The standard InChI is InChI=1S/C19H21N3O2/c1-19(2,3)24-18(23)22-11-9-15(10-12-22)5-4-6-16-7-8-17(13-20)21-14-16/h5,7-8,14H,9-12H2,1-3H3. The van der Waals surface area contributed by atoms with E-state index < -0.39 is 5.60 Å². The fourth-order valence-corrected chi connectivity index (χ4v) is 2.20. The van der Waals surface area contributed by atoms with Crippen LogP contribution in [-0.2, 0) is 4.74 Å². The van der Waals surface area contributed by atoms with Gasteiger partial charge in [-0.15, -0.1) is 0 Å². The highest BCUT2D eigenvalue weighted by molar-refractivity contribution is 5.68. The van der Waals surface area contributed by atoms with Crippen LogP contribution in [0.3, 0.4) is 0 Å². The molecule has 1 aliphatic heterocycles. The Morgan fingerprint density at radius 3 is 2.58 bits per heavy atom. The number of aromatic nitrogens is 1. The first kappa shape index (κ1) is 17.6. The molecule has 1 amide bonds. The van der Waals surface area contributed by atoms with Crippen LogP contribution in [0.25, 0.3) is 0 Å². The van der Waals surface area contributed by atoms with Crippen LogP contribution in [0.1, 0.15) is 44.9 Å². The van der Waals surface area contributed by atoms with Crippen molar-refractivity contribution in [1.29, 1.82) is 5.26 Å². The van der Waals surface area contributed by atoms with Gasteiger partial charge >= 0.3 is 6.09 Å². The quantitative estimate of drug-likeness (QED) is 0.687. The van der Waals surface area contributed by atoms with E-state index in [2.05, 4.69) is 16.8 Å². The molecule has 2 rings (SSSR count). The zero-order chi connectivity index (χ0) is 17.6. The second-order valence-electron chi connectivity index (χ2n) is 6.58. The molecule has 0 atom stereocenters. The van der Waals surface area contributed by atoms with E-state index in [9.17, 15) is 4.79 Å². The summed E-state index contributed by atoms with van der Waals surface area (Å²) in [5.41, 5.74) is 1.92. The predicted octanol–water partition coefficient (Wildman–Crippen LogP) is 3.26. The van der Waals surface area contributed by atoms with E-state index in [-0.39, 0.29) is 6.09 Å². The van der Waals surface area contributed by atoms with Crippen LogP contribution in [0.4, 0.5) is 4.79 Å². The Morgan fingerprint density at radius 1 is 1.33 bits per heavy atom. The van der Waals surface area contributed by atoms with Crippen molar-refractivity contribution in [3.05, 3.63) is 41.2 Å². The van der Waals surface area contributed by atoms with Crippen molar-refractivity contribution in [3.8, 4) is 17.9 Å². The Morgan fingerprint density at radius 2 is 2.04 bits per heavy atom. The van der Waals surface area contributed by atoms with Crippen LogP contribution in [0.2, 0.25) is 0 Å².